The molecule has 2 nitrogen and oxygen atoms in total. The van der Waals surface area contributed by atoms with Crippen molar-refractivity contribution in [3.05, 3.63) is 51.7 Å². The van der Waals surface area contributed by atoms with E-state index >= 15 is 0 Å². The zero-order chi connectivity index (χ0) is 11.8. The molecule has 0 aliphatic carbocycles. The molecule has 1 N–H and O–H groups in total. The molecule has 1 atom stereocenters. The van der Waals surface area contributed by atoms with E-state index in [1.54, 1.807) is 11.3 Å². The fraction of sp³-hybridized carbons (Fsp3) is 0.214. The van der Waals surface area contributed by atoms with Gasteiger partial charge in [0.25, 0.3) is 0 Å². The number of thiophene rings is 1. The topological polar surface area (TPSA) is 29.1 Å². The van der Waals surface area contributed by atoms with Crippen LogP contribution in [-0.2, 0) is 6.42 Å². The fourth-order valence-corrected chi connectivity index (χ4v) is 3.06. The summed E-state index contributed by atoms with van der Waals surface area (Å²) in [5.74, 6) is 0.208. The van der Waals surface area contributed by atoms with Crippen molar-refractivity contribution in [1.29, 1.82) is 0 Å². The number of rotatable bonds is 2. The van der Waals surface area contributed by atoms with Gasteiger partial charge >= 0.3 is 0 Å². The number of ketones is 1. The quantitative estimate of drug-likeness (QED) is 0.820. The first kappa shape index (κ1) is 10.5. The van der Waals surface area contributed by atoms with Crippen LogP contribution in [0.4, 0.5) is 5.69 Å². The lowest BCUT2D eigenvalue weighted by molar-refractivity contribution is 0.0975. The molecule has 0 radical (unpaired) electrons. The van der Waals surface area contributed by atoms with Gasteiger partial charge in [0.15, 0.2) is 5.78 Å². The Morgan fingerprint density at radius 1 is 1.29 bits per heavy atom. The third-order valence-electron chi connectivity index (χ3n) is 3.07. The van der Waals surface area contributed by atoms with Crippen molar-refractivity contribution in [1.82, 2.24) is 0 Å². The number of aryl methyl sites for hydroxylation is 1. The lowest BCUT2D eigenvalue weighted by Gasteiger charge is -2.08. The molecule has 1 aromatic heterocycles. The van der Waals surface area contributed by atoms with Crippen molar-refractivity contribution in [2.45, 2.75) is 19.4 Å². The van der Waals surface area contributed by atoms with Crippen LogP contribution in [0.15, 0.2) is 36.4 Å². The maximum absolute atomic E-state index is 12.3. The molecule has 3 heteroatoms. The van der Waals surface area contributed by atoms with E-state index in [1.807, 2.05) is 37.3 Å². The highest BCUT2D eigenvalue weighted by molar-refractivity contribution is 7.14. The molecule has 1 aliphatic heterocycles. The minimum atomic E-state index is -0.0922. The van der Waals surface area contributed by atoms with Crippen molar-refractivity contribution in [3.63, 3.8) is 0 Å². The average Bonchev–Trinajstić information content (AvgIpc) is 2.93. The summed E-state index contributed by atoms with van der Waals surface area (Å²) in [5.41, 5.74) is 2.33. The second kappa shape index (κ2) is 4.00. The number of carbonyl (C=O) groups excluding carboxylic acids is 1. The van der Waals surface area contributed by atoms with Gasteiger partial charge in [-0.25, -0.2) is 0 Å². The highest BCUT2D eigenvalue weighted by Crippen LogP contribution is 2.28. The standard InChI is InChI=1S/C14H13NOS/c1-9-6-7-13(17-9)14(16)12-8-10-4-2-3-5-11(10)15-12/h2-7,12,15H,8H2,1H3. The maximum Gasteiger partial charge on any atom is 0.195 e. The van der Waals surface area contributed by atoms with E-state index in [0.29, 0.717) is 0 Å². The van der Waals surface area contributed by atoms with E-state index in [0.717, 1.165) is 17.0 Å². The SMILES string of the molecule is Cc1ccc(C(=O)C2Cc3ccccc3N2)s1. The molecule has 1 aromatic carbocycles. The van der Waals surface area contributed by atoms with Crippen LogP contribution in [0.2, 0.25) is 0 Å². The Balaban J connectivity index is 1.83. The van der Waals surface area contributed by atoms with E-state index in [-0.39, 0.29) is 11.8 Å². The summed E-state index contributed by atoms with van der Waals surface area (Å²) < 4.78 is 0. The van der Waals surface area contributed by atoms with Gasteiger partial charge in [0.1, 0.15) is 0 Å². The van der Waals surface area contributed by atoms with E-state index in [4.69, 9.17) is 0 Å². The van der Waals surface area contributed by atoms with Gasteiger partial charge in [0, 0.05) is 17.0 Å². The van der Waals surface area contributed by atoms with E-state index < -0.39 is 0 Å². The first-order chi connectivity index (χ1) is 8.24. The molecule has 17 heavy (non-hydrogen) atoms. The minimum absolute atomic E-state index is 0.0922. The van der Waals surface area contributed by atoms with Gasteiger partial charge in [-0.05, 0) is 30.7 Å². The third-order valence-corrected chi connectivity index (χ3v) is 4.09. The fourth-order valence-electron chi connectivity index (χ4n) is 2.19. The molecule has 1 unspecified atom stereocenters. The van der Waals surface area contributed by atoms with Crippen LogP contribution < -0.4 is 5.32 Å². The van der Waals surface area contributed by atoms with Crippen molar-refractivity contribution >= 4 is 22.8 Å². The lowest BCUT2D eigenvalue weighted by atomic mass is 10.1. The van der Waals surface area contributed by atoms with Gasteiger partial charge in [-0.3, -0.25) is 4.79 Å². The Labute approximate surface area is 104 Å². The van der Waals surface area contributed by atoms with Gasteiger partial charge in [-0.1, -0.05) is 18.2 Å². The van der Waals surface area contributed by atoms with Gasteiger partial charge in [-0.2, -0.15) is 0 Å². The van der Waals surface area contributed by atoms with Crippen LogP contribution in [-0.4, -0.2) is 11.8 Å². The molecule has 0 spiro atoms. The Morgan fingerprint density at radius 3 is 2.82 bits per heavy atom. The lowest BCUT2D eigenvalue weighted by Crippen LogP contribution is -2.26. The summed E-state index contributed by atoms with van der Waals surface area (Å²) >= 11 is 1.57. The molecule has 2 aromatic rings. The van der Waals surface area contributed by atoms with Gasteiger partial charge in [0.2, 0.25) is 0 Å². The molecule has 0 saturated heterocycles. The molecule has 0 saturated carbocycles. The molecule has 1 aliphatic rings. The molecule has 2 heterocycles. The number of hydrogen-bond acceptors (Lipinski definition) is 3. The molecular weight excluding hydrogens is 230 g/mol. The number of para-hydroxylation sites is 1. The largest absolute Gasteiger partial charge is 0.374 e. The summed E-state index contributed by atoms with van der Waals surface area (Å²) in [6, 6.07) is 12.0. The minimum Gasteiger partial charge on any atom is -0.374 e. The van der Waals surface area contributed by atoms with E-state index in [2.05, 4.69) is 11.4 Å². The van der Waals surface area contributed by atoms with Crippen molar-refractivity contribution in [2.24, 2.45) is 0 Å². The van der Waals surface area contributed by atoms with Crippen LogP contribution in [0.25, 0.3) is 0 Å². The maximum atomic E-state index is 12.3. The number of fused-ring (bicyclic) bond motifs is 1. The van der Waals surface area contributed by atoms with Crippen LogP contribution >= 0.6 is 11.3 Å². The van der Waals surface area contributed by atoms with Crippen LogP contribution in [0, 0.1) is 6.92 Å². The van der Waals surface area contributed by atoms with E-state index in [1.165, 1.54) is 10.4 Å². The molecule has 0 fully saturated rings. The smallest absolute Gasteiger partial charge is 0.195 e. The molecule has 0 amide bonds. The van der Waals surface area contributed by atoms with Crippen molar-refractivity contribution in [2.75, 3.05) is 5.32 Å². The van der Waals surface area contributed by atoms with Crippen LogP contribution in [0.3, 0.4) is 0 Å². The Morgan fingerprint density at radius 2 is 2.12 bits per heavy atom. The van der Waals surface area contributed by atoms with Crippen molar-refractivity contribution < 1.29 is 4.79 Å². The van der Waals surface area contributed by atoms with E-state index in [9.17, 15) is 4.79 Å². The monoisotopic (exact) mass is 243 g/mol. The first-order valence-electron chi connectivity index (χ1n) is 5.69. The summed E-state index contributed by atoms with van der Waals surface area (Å²) in [6.45, 7) is 2.03. The molecule has 3 rings (SSSR count). The highest BCUT2D eigenvalue weighted by Gasteiger charge is 2.27. The number of benzene rings is 1. The summed E-state index contributed by atoms with van der Waals surface area (Å²) in [6.07, 6.45) is 0.798. The zero-order valence-corrected chi connectivity index (χ0v) is 10.4. The number of anilines is 1. The summed E-state index contributed by atoms with van der Waals surface area (Å²) in [4.78, 5) is 14.3. The Hall–Kier alpha value is -1.61. The Bertz CT molecular complexity index is 548. The first-order valence-corrected chi connectivity index (χ1v) is 6.51. The van der Waals surface area contributed by atoms with Gasteiger partial charge < -0.3 is 5.32 Å². The average molecular weight is 243 g/mol. The highest BCUT2D eigenvalue weighted by atomic mass is 32.1. The van der Waals surface area contributed by atoms with Crippen LogP contribution in [0.1, 0.15) is 20.1 Å². The van der Waals surface area contributed by atoms with Crippen LogP contribution in [0.5, 0.6) is 0 Å². The van der Waals surface area contributed by atoms with Gasteiger partial charge in [0.05, 0.1) is 10.9 Å². The number of hydrogen-bond donors (Lipinski definition) is 1. The number of carbonyl (C=O) groups is 1. The second-order valence-corrected chi connectivity index (χ2v) is 5.62. The predicted octanol–water partition coefficient (Wildman–Crippen LogP) is 3.28. The molecule has 0 bridgehead atoms. The van der Waals surface area contributed by atoms with Gasteiger partial charge in [-0.15, -0.1) is 11.3 Å². The normalized spacial score (nSPS) is 17.6. The number of Topliss-reactive ketones (excluding diaryl/α,β-unsaturated/α-hetero) is 1. The predicted molar refractivity (Wildman–Crippen MR) is 70.9 cm³/mol. The zero-order valence-electron chi connectivity index (χ0n) is 9.57. The molecule has 86 valence electrons. The second-order valence-electron chi connectivity index (χ2n) is 4.33. The summed E-state index contributed by atoms with van der Waals surface area (Å²) in [5, 5.41) is 3.30. The number of nitrogens with one attached hydrogen (secondary N) is 1. The molecular formula is C14H13NOS. The third kappa shape index (κ3) is 1.87. The summed E-state index contributed by atoms with van der Waals surface area (Å²) in [7, 11) is 0. The van der Waals surface area contributed by atoms with Crippen molar-refractivity contribution in [3.8, 4) is 0 Å². The Kier molecular flexibility index (Phi) is 2.48.